The summed E-state index contributed by atoms with van der Waals surface area (Å²) in [6.07, 6.45) is 0.102. The third kappa shape index (κ3) is 2.01. The molecule has 0 aromatic heterocycles. The van der Waals surface area contributed by atoms with Crippen LogP contribution in [0.1, 0.15) is 22.3 Å². The summed E-state index contributed by atoms with van der Waals surface area (Å²) in [7, 11) is 0. The second-order valence-corrected chi connectivity index (χ2v) is 4.98. The van der Waals surface area contributed by atoms with Crippen molar-refractivity contribution in [2.75, 3.05) is 6.61 Å². The molecule has 2 aromatic carbocycles. The Balaban J connectivity index is 2.08. The molecule has 1 aliphatic rings. The van der Waals surface area contributed by atoms with Gasteiger partial charge >= 0.3 is 5.97 Å². The number of carbonyl (C=O) groups is 2. The number of Topliss-reactive ketones (excluding diaryl/α,β-unsaturated/α-hetero) is 1. The Hall–Kier alpha value is -2.42. The third-order valence-corrected chi connectivity index (χ3v) is 3.72. The van der Waals surface area contributed by atoms with E-state index in [-0.39, 0.29) is 24.8 Å². The number of cyclic esters (lactones) is 1. The molecule has 1 atom stereocenters. The molecule has 3 heteroatoms. The molecule has 0 spiro atoms. The first kappa shape index (κ1) is 12.6. The van der Waals surface area contributed by atoms with E-state index in [1.807, 2.05) is 48.5 Å². The van der Waals surface area contributed by atoms with E-state index in [0.29, 0.717) is 5.56 Å². The van der Waals surface area contributed by atoms with Gasteiger partial charge in [0, 0.05) is 5.56 Å². The summed E-state index contributed by atoms with van der Waals surface area (Å²) < 4.78 is 5.11. The highest BCUT2D eigenvalue weighted by Crippen LogP contribution is 2.37. The number of rotatable bonds is 3. The number of hydrogen-bond acceptors (Lipinski definition) is 3. The molecule has 1 heterocycles. The van der Waals surface area contributed by atoms with E-state index < -0.39 is 5.41 Å². The Morgan fingerprint density at radius 3 is 2.10 bits per heavy atom. The Morgan fingerprint density at radius 1 is 0.950 bits per heavy atom. The third-order valence-electron chi connectivity index (χ3n) is 3.72. The topological polar surface area (TPSA) is 43.4 Å². The largest absolute Gasteiger partial charge is 0.464 e. The van der Waals surface area contributed by atoms with E-state index in [1.165, 1.54) is 0 Å². The van der Waals surface area contributed by atoms with Gasteiger partial charge in [-0.1, -0.05) is 60.7 Å². The van der Waals surface area contributed by atoms with Gasteiger partial charge in [0.05, 0.1) is 6.42 Å². The van der Waals surface area contributed by atoms with Crippen LogP contribution in [-0.4, -0.2) is 18.4 Å². The Kier molecular flexibility index (Phi) is 3.11. The van der Waals surface area contributed by atoms with Crippen molar-refractivity contribution in [3.63, 3.8) is 0 Å². The standard InChI is InChI=1S/C17H14O3/c18-15-11-17(12-20-15,14-9-5-2-6-10-14)16(19)13-7-3-1-4-8-13/h1-10H,11-12H2. The summed E-state index contributed by atoms with van der Waals surface area (Å²) in [6.45, 7) is 0.115. The van der Waals surface area contributed by atoms with Crippen LogP contribution in [0.4, 0.5) is 0 Å². The van der Waals surface area contributed by atoms with Crippen molar-refractivity contribution >= 4 is 11.8 Å². The van der Waals surface area contributed by atoms with E-state index >= 15 is 0 Å². The molecule has 1 unspecified atom stereocenters. The van der Waals surface area contributed by atoms with Gasteiger partial charge in [-0.15, -0.1) is 0 Å². The zero-order chi connectivity index (χ0) is 14.0. The molecular weight excluding hydrogens is 252 g/mol. The lowest BCUT2D eigenvalue weighted by Gasteiger charge is -2.25. The van der Waals surface area contributed by atoms with Crippen LogP contribution in [-0.2, 0) is 14.9 Å². The first-order chi connectivity index (χ1) is 9.72. The smallest absolute Gasteiger partial charge is 0.307 e. The van der Waals surface area contributed by atoms with Crippen LogP contribution in [0.2, 0.25) is 0 Å². The Morgan fingerprint density at radius 2 is 1.55 bits per heavy atom. The fraction of sp³-hybridized carbons (Fsp3) is 0.176. The fourth-order valence-corrected chi connectivity index (χ4v) is 2.64. The molecule has 100 valence electrons. The van der Waals surface area contributed by atoms with Gasteiger partial charge in [0.25, 0.3) is 0 Å². The number of esters is 1. The number of carbonyl (C=O) groups excluding carboxylic acids is 2. The summed E-state index contributed by atoms with van der Waals surface area (Å²) in [6, 6.07) is 18.4. The zero-order valence-corrected chi connectivity index (χ0v) is 10.9. The lowest BCUT2D eigenvalue weighted by molar-refractivity contribution is -0.137. The molecule has 0 N–H and O–H groups in total. The molecule has 3 nitrogen and oxygen atoms in total. The monoisotopic (exact) mass is 266 g/mol. The van der Waals surface area contributed by atoms with E-state index in [2.05, 4.69) is 0 Å². The molecule has 3 rings (SSSR count). The van der Waals surface area contributed by atoms with Gasteiger partial charge in [-0.3, -0.25) is 9.59 Å². The molecule has 1 saturated heterocycles. The van der Waals surface area contributed by atoms with Gasteiger partial charge in [-0.2, -0.15) is 0 Å². The molecule has 0 amide bonds. The maximum absolute atomic E-state index is 12.9. The molecule has 1 fully saturated rings. The second-order valence-electron chi connectivity index (χ2n) is 4.98. The van der Waals surface area contributed by atoms with Crippen molar-refractivity contribution in [3.8, 4) is 0 Å². The minimum absolute atomic E-state index is 0.0600. The normalized spacial score (nSPS) is 21.5. The summed E-state index contributed by atoms with van der Waals surface area (Å²) in [5, 5.41) is 0. The highest BCUT2D eigenvalue weighted by molar-refractivity contribution is 6.07. The van der Waals surface area contributed by atoms with Crippen molar-refractivity contribution in [1.82, 2.24) is 0 Å². The highest BCUT2D eigenvalue weighted by Gasteiger charge is 2.48. The van der Waals surface area contributed by atoms with Gasteiger partial charge in [0.15, 0.2) is 5.78 Å². The quantitative estimate of drug-likeness (QED) is 0.633. The van der Waals surface area contributed by atoms with Gasteiger partial charge < -0.3 is 4.74 Å². The van der Waals surface area contributed by atoms with E-state index in [4.69, 9.17) is 4.74 Å². The summed E-state index contributed by atoms with van der Waals surface area (Å²) in [5.41, 5.74) is 0.550. The molecule has 20 heavy (non-hydrogen) atoms. The number of ketones is 1. The predicted octanol–water partition coefficient (Wildman–Crippen LogP) is 2.75. The van der Waals surface area contributed by atoms with Crippen molar-refractivity contribution in [3.05, 3.63) is 71.8 Å². The minimum Gasteiger partial charge on any atom is -0.464 e. The second kappa shape index (κ2) is 4.93. The SMILES string of the molecule is O=C1CC(C(=O)c2ccccc2)(c2ccccc2)CO1. The summed E-state index contributed by atoms with van der Waals surface area (Å²) in [4.78, 5) is 24.5. The zero-order valence-electron chi connectivity index (χ0n) is 10.9. The predicted molar refractivity (Wildman–Crippen MR) is 74.5 cm³/mol. The van der Waals surface area contributed by atoms with E-state index in [1.54, 1.807) is 12.1 Å². The summed E-state index contributed by atoms with van der Waals surface area (Å²) in [5.74, 6) is -0.381. The lowest BCUT2D eigenvalue weighted by atomic mass is 9.74. The maximum atomic E-state index is 12.9. The van der Waals surface area contributed by atoms with Gasteiger partial charge in [-0.25, -0.2) is 0 Å². The van der Waals surface area contributed by atoms with Gasteiger partial charge in [0.1, 0.15) is 12.0 Å². The van der Waals surface area contributed by atoms with E-state index in [0.717, 1.165) is 5.56 Å². The molecule has 0 aliphatic carbocycles. The number of hydrogen-bond donors (Lipinski definition) is 0. The molecule has 0 saturated carbocycles. The highest BCUT2D eigenvalue weighted by atomic mass is 16.5. The van der Waals surface area contributed by atoms with Gasteiger partial charge in [0.2, 0.25) is 0 Å². The van der Waals surface area contributed by atoms with Crippen molar-refractivity contribution in [2.24, 2.45) is 0 Å². The van der Waals surface area contributed by atoms with Crippen molar-refractivity contribution < 1.29 is 14.3 Å². The van der Waals surface area contributed by atoms with Crippen LogP contribution < -0.4 is 0 Å². The first-order valence-electron chi connectivity index (χ1n) is 6.53. The average Bonchev–Trinajstić information content (AvgIpc) is 2.92. The summed E-state index contributed by atoms with van der Waals surface area (Å²) >= 11 is 0. The number of ether oxygens (including phenoxy) is 1. The number of benzene rings is 2. The van der Waals surface area contributed by atoms with Gasteiger partial charge in [-0.05, 0) is 5.56 Å². The average molecular weight is 266 g/mol. The molecule has 1 aliphatic heterocycles. The van der Waals surface area contributed by atoms with Crippen LogP contribution in [0.15, 0.2) is 60.7 Å². The van der Waals surface area contributed by atoms with E-state index in [9.17, 15) is 9.59 Å². The van der Waals surface area contributed by atoms with Crippen LogP contribution in [0.5, 0.6) is 0 Å². The van der Waals surface area contributed by atoms with Crippen molar-refractivity contribution in [2.45, 2.75) is 11.8 Å². The first-order valence-corrected chi connectivity index (χ1v) is 6.53. The molecular formula is C17H14O3. The molecule has 0 radical (unpaired) electrons. The van der Waals surface area contributed by atoms with Crippen LogP contribution in [0, 0.1) is 0 Å². The fourth-order valence-electron chi connectivity index (χ4n) is 2.64. The maximum Gasteiger partial charge on any atom is 0.307 e. The van der Waals surface area contributed by atoms with Crippen LogP contribution in [0.25, 0.3) is 0 Å². The Labute approximate surface area is 117 Å². The van der Waals surface area contributed by atoms with Crippen LogP contribution in [0.3, 0.4) is 0 Å². The minimum atomic E-state index is -0.889. The van der Waals surface area contributed by atoms with Crippen LogP contribution >= 0.6 is 0 Å². The van der Waals surface area contributed by atoms with Crippen molar-refractivity contribution in [1.29, 1.82) is 0 Å². The lowest BCUT2D eigenvalue weighted by Crippen LogP contribution is -2.36. The Bertz CT molecular complexity index is 634. The molecule has 0 bridgehead atoms. The molecule has 2 aromatic rings.